The van der Waals surface area contributed by atoms with Crippen molar-refractivity contribution in [2.75, 3.05) is 0 Å². The van der Waals surface area contributed by atoms with Gasteiger partial charge in [0, 0.05) is 0 Å². The van der Waals surface area contributed by atoms with Crippen LogP contribution in [0.5, 0.6) is 0 Å². The highest BCUT2D eigenvalue weighted by Crippen LogP contribution is 2.52. The molecule has 1 unspecified atom stereocenters. The number of hydrogen-bond donors (Lipinski definition) is 1. The molecule has 2 aliphatic carbocycles. The van der Waals surface area contributed by atoms with Crippen LogP contribution in [0.2, 0.25) is 0 Å². The molecule has 94 valence electrons. The summed E-state index contributed by atoms with van der Waals surface area (Å²) in [5, 5.41) is 10.7. The second kappa shape index (κ2) is 4.68. The highest BCUT2D eigenvalue weighted by Gasteiger charge is 2.44. The first-order valence-electron chi connectivity index (χ1n) is 7.33. The molecule has 1 nitrogen and oxygen atoms in total. The summed E-state index contributed by atoms with van der Waals surface area (Å²) in [6, 6.07) is 0. The van der Waals surface area contributed by atoms with Gasteiger partial charge in [-0.15, -0.1) is 0 Å². The Morgan fingerprint density at radius 2 is 1.56 bits per heavy atom. The highest BCUT2D eigenvalue weighted by molar-refractivity contribution is 4.97. The van der Waals surface area contributed by atoms with Crippen molar-refractivity contribution in [3.8, 4) is 0 Å². The predicted molar refractivity (Wildman–Crippen MR) is 68.4 cm³/mol. The molecule has 1 N–H and O–H groups in total. The van der Waals surface area contributed by atoms with Crippen LogP contribution in [0.4, 0.5) is 0 Å². The van der Waals surface area contributed by atoms with Gasteiger partial charge in [-0.1, -0.05) is 33.1 Å². The zero-order valence-electron chi connectivity index (χ0n) is 11.1. The van der Waals surface area contributed by atoms with E-state index < -0.39 is 0 Å². The molecular formula is C15H28O. The summed E-state index contributed by atoms with van der Waals surface area (Å²) in [6.45, 7) is 4.47. The average molecular weight is 224 g/mol. The molecule has 1 heteroatoms. The minimum atomic E-state index is -0.330. The first-order valence-corrected chi connectivity index (χ1v) is 7.33. The Morgan fingerprint density at radius 3 is 2.06 bits per heavy atom. The van der Waals surface area contributed by atoms with Crippen molar-refractivity contribution in [2.45, 2.75) is 83.7 Å². The fourth-order valence-electron chi connectivity index (χ4n) is 4.03. The van der Waals surface area contributed by atoms with Gasteiger partial charge < -0.3 is 5.11 Å². The average Bonchev–Trinajstić information content (AvgIpc) is 2.73. The molecule has 0 radical (unpaired) electrons. The number of hydrogen-bond acceptors (Lipinski definition) is 1. The third-order valence-electron chi connectivity index (χ3n) is 5.48. The monoisotopic (exact) mass is 224 g/mol. The zero-order chi connectivity index (χ0) is 11.6. The maximum atomic E-state index is 10.7. The van der Waals surface area contributed by atoms with E-state index in [0.29, 0.717) is 11.3 Å². The van der Waals surface area contributed by atoms with E-state index in [4.69, 9.17) is 0 Å². The van der Waals surface area contributed by atoms with E-state index in [1.807, 2.05) is 0 Å². The van der Waals surface area contributed by atoms with E-state index in [0.717, 1.165) is 12.8 Å². The quantitative estimate of drug-likeness (QED) is 0.758. The lowest BCUT2D eigenvalue weighted by atomic mass is 9.64. The Kier molecular flexibility index (Phi) is 3.63. The molecule has 2 aliphatic rings. The van der Waals surface area contributed by atoms with Gasteiger partial charge in [0.25, 0.3) is 0 Å². The molecule has 0 bridgehead atoms. The Morgan fingerprint density at radius 1 is 1.00 bits per heavy atom. The molecule has 16 heavy (non-hydrogen) atoms. The largest absolute Gasteiger partial charge is 0.390 e. The highest BCUT2D eigenvalue weighted by atomic mass is 16.3. The van der Waals surface area contributed by atoms with E-state index >= 15 is 0 Å². The van der Waals surface area contributed by atoms with Crippen LogP contribution in [-0.2, 0) is 0 Å². The molecule has 2 fully saturated rings. The summed E-state index contributed by atoms with van der Waals surface area (Å²) in [5.74, 6) is 0.497. The number of aliphatic hydroxyl groups is 1. The molecular weight excluding hydrogens is 196 g/mol. The summed E-state index contributed by atoms with van der Waals surface area (Å²) in [4.78, 5) is 0. The fourth-order valence-corrected chi connectivity index (χ4v) is 4.03. The van der Waals surface area contributed by atoms with Gasteiger partial charge in [0.15, 0.2) is 0 Å². The van der Waals surface area contributed by atoms with Gasteiger partial charge in [-0.05, 0) is 56.3 Å². The van der Waals surface area contributed by atoms with Crippen molar-refractivity contribution in [3.05, 3.63) is 0 Å². The molecule has 0 amide bonds. The van der Waals surface area contributed by atoms with Crippen LogP contribution in [0.3, 0.4) is 0 Å². The first kappa shape index (κ1) is 12.4. The lowest BCUT2D eigenvalue weighted by Gasteiger charge is -2.45. The summed E-state index contributed by atoms with van der Waals surface area (Å²) >= 11 is 0. The van der Waals surface area contributed by atoms with Gasteiger partial charge in [-0.25, -0.2) is 0 Å². The van der Waals surface area contributed by atoms with E-state index in [-0.39, 0.29) is 5.60 Å². The standard InChI is InChI=1S/C15H28O/c1-3-6-13(2)15(16)11-9-14(10-12-15)7-4-5-8-14/h13,16H,3-12H2,1-2H3. The van der Waals surface area contributed by atoms with Gasteiger partial charge in [-0.2, -0.15) is 0 Å². The molecule has 0 saturated heterocycles. The van der Waals surface area contributed by atoms with Crippen molar-refractivity contribution in [3.63, 3.8) is 0 Å². The van der Waals surface area contributed by atoms with E-state index in [1.54, 1.807) is 0 Å². The predicted octanol–water partition coefficient (Wildman–Crippen LogP) is 4.29. The lowest BCUT2D eigenvalue weighted by Crippen LogP contribution is -2.43. The molecule has 2 rings (SSSR count). The third-order valence-corrected chi connectivity index (χ3v) is 5.48. The van der Waals surface area contributed by atoms with Crippen LogP contribution >= 0.6 is 0 Å². The van der Waals surface area contributed by atoms with Gasteiger partial charge >= 0.3 is 0 Å². The van der Waals surface area contributed by atoms with Gasteiger partial charge in [0.2, 0.25) is 0 Å². The van der Waals surface area contributed by atoms with E-state index in [1.165, 1.54) is 51.4 Å². The van der Waals surface area contributed by atoms with Gasteiger partial charge in [-0.3, -0.25) is 0 Å². The molecule has 1 atom stereocenters. The molecule has 0 aliphatic heterocycles. The normalized spacial score (nSPS) is 29.4. The molecule has 2 saturated carbocycles. The van der Waals surface area contributed by atoms with Gasteiger partial charge in [0.1, 0.15) is 0 Å². The third kappa shape index (κ3) is 2.30. The van der Waals surface area contributed by atoms with Crippen LogP contribution < -0.4 is 0 Å². The van der Waals surface area contributed by atoms with E-state index in [9.17, 15) is 5.11 Å². The lowest BCUT2D eigenvalue weighted by molar-refractivity contribution is -0.0736. The van der Waals surface area contributed by atoms with Crippen LogP contribution in [0, 0.1) is 11.3 Å². The fraction of sp³-hybridized carbons (Fsp3) is 1.00. The summed E-state index contributed by atoms with van der Waals surface area (Å²) < 4.78 is 0. The molecule has 0 aromatic heterocycles. The Hall–Kier alpha value is -0.0400. The maximum absolute atomic E-state index is 10.7. The summed E-state index contributed by atoms with van der Waals surface area (Å²) in [5.41, 5.74) is 0.321. The van der Waals surface area contributed by atoms with Crippen LogP contribution in [0.15, 0.2) is 0 Å². The second-order valence-electron chi connectivity index (χ2n) is 6.50. The van der Waals surface area contributed by atoms with Crippen molar-refractivity contribution in [1.82, 2.24) is 0 Å². The van der Waals surface area contributed by atoms with Crippen molar-refractivity contribution in [1.29, 1.82) is 0 Å². The van der Waals surface area contributed by atoms with Crippen LogP contribution in [-0.4, -0.2) is 10.7 Å². The van der Waals surface area contributed by atoms with Gasteiger partial charge in [0.05, 0.1) is 5.60 Å². The van der Waals surface area contributed by atoms with Crippen molar-refractivity contribution in [2.24, 2.45) is 11.3 Å². The van der Waals surface area contributed by atoms with Crippen LogP contribution in [0.1, 0.15) is 78.1 Å². The smallest absolute Gasteiger partial charge is 0.0673 e. The summed E-state index contributed by atoms with van der Waals surface area (Å²) in [6.07, 6.45) is 12.8. The Balaban J connectivity index is 1.92. The van der Waals surface area contributed by atoms with E-state index in [2.05, 4.69) is 13.8 Å². The zero-order valence-corrected chi connectivity index (χ0v) is 11.1. The first-order chi connectivity index (χ1) is 7.60. The summed E-state index contributed by atoms with van der Waals surface area (Å²) in [7, 11) is 0. The molecule has 0 aromatic rings. The SMILES string of the molecule is CCCC(C)C1(O)CCC2(CCCC2)CC1. The maximum Gasteiger partial charge on any atom is 0.0673 e. The molecule has 0 heterocycles. The molecule has 1 spiro atoms. The second-order valence-corrected chi connectivity index (χ2v) is 6.50. The molecule has 0 aromatic carbocycles. The topological polar surface area (TPSA) is 20.2 Å². The minimum Gasteiger partial charge on any atom is -0.390 e. The van der Waals surface area contributed by atoms with Crippen molar-refractivity contribution >= 4 is 0 Å². The minimum absolute atomic E-state index is 0.330. The Labute approximate surface area is 101 Å². The van der Waals surface area contributed by atoms with Crippen LogP contribution in [0.25, 0.3) is 0 Å². The number of rotatable bonds is 3. The Bertz CT molecular complexity index is 218. The van der Waals surface area contributed by atoms with Crippen molar-refractivity contribution < 1.29 is 5.11 Å².